The molecule has 0 aliphatic carbocycles. The van der Waals surface area contributed by atoms with Crippen molar-refractivity contribution in [2.75, 3.05) is 18.8 Å². The minimum absolute atomic E-state index is 0.0176. The van der Waals surface area contributed by atoms with Gasteiger partial charge in [0.25, 0.3) is 0 Å². The predicted octanol–water partition coefficient (Wildman–Crippen LogP) is 2.22. The van der Waals surface area contributed by atoms with Crippen LogP contribution < -0.4 is 5.73 Å². The Bertz CT molecular complexity index is 560. The second-order valence-electron chi connectivity index (χ2n) is 4.96. The summed E-state index contributed by atoms with van der Waals surface area (Å²) in [5.41, 5.74) is 5.33. The van der Waals surface area contributed by atoms with Gasteiger partial charge >= 0.3 is 0 Å². The van der Waals surface area contributed by atoms with E-state index < -0.39 is 15.8 Å². The van der Waals surface area contributed by atoms with E-state index in [1.54, 1.807) is 0 Å². The zero-order valence-electron chi connectivity index (χ0n) is 11.0. The first-order chi connectivity index (χ1) is 8.95. The molecule has 1 fully saturated rings. The molecule has 6 heteroatoms. The number of hydrogen-bond acceptors (Lipinski definition) is 3. The molecule has 0 bridgehead atoms. The van der Waals surface area contributed by atoms with Gasteiger partial charge in [-0.05, 0) is 37.0 Å². The number of piperidine rings is 1. The Morgan fingerprint density at radius 3 is 2.84 bits per heavy atom. The lowest BCUT2D eigenvalue weighted by Gasteiger charge is -2.31. The molecule has 2 N–H and O–H groups in total. The Hall–Kier alpha value is -1.14. The quantitative estimate of drug-likeness (QED) is 0.867. The lowest BCUT2D eigenvalue weighted by Crippen LogP contribution is -2.39. The van der Waals surface area contributed by atoms with Crippen molar-refractivity contribution < 1.29 is 12.8 Å². The van der Waals surface area contributed by atoms with Crippen molar-refractivity contribution in [3.8, 4) is 0 Å². The maximum Gasteiger partial charge on any atom is 0.243 e. The molecule has 1 heterocycles. The van der Waals surface area contributed by atoms with E-state index >= 15 is 0 Å². The van der Waals surface area contributed by atoms with Crippen molar-refractivity contribution in [2.24, 2.45) is 5.92 Å². The van der Waals surface area contributed by atoms with Gasteiger partial charge in [0.2, 0.25) is 10.0 Å². The second-order valence-corrected chi connectivity index (χ2v) is 6.90. The highest BCUT2D eigenvalue weighted by Crippen LogP contribution is 2.26. The van der Waals surface area contributed by atoms with E-state index in [4.69, 9.17) is 5.73 Å². The number of nitrogens with two attached hydrogens (primary N) is 1. The molecule has 1 atom stereocenters. The summed E-state index contributed by atoms with van der Waals surface area (Å²) >= 11 is 0. The van der Waals surface area contributed by atoms with Crippen LogP contribution in [0.1, 0.15) is 26.2 Å². The van der Waals surface area contributed by atoms with Gasteiger partial charge in [-0.2, -0.15) is 4.31 Å². The molecule has 2 rings (SSSR count). The van der Waals surface area contributed by atoms with Crippen molar-refractivity contribution in [3.63, 3.8) is 0 Å². The smallest absolute Gasteiger partial charge is 0.243 e. The summed E-state index contributed by atoms with van der Waals surface area (Å²) in [5.74, 6) is -0.299. The summed E-state index contributed by atoms with van der Waals surface area (Å²) in [4.78, 5) is -0.0176. The van der Waals surface area contributed by atoms with Crippen LogP contribution in [0.15, 0.2) is 23.1 Å². The third-order valence-electron chi connectivity index (χ3n) is 3.67. The average molecular weight is 286 g/mol. The summed E-state index contributed by atoms with van der Waals surface area (Å²) in [6, 6.07) is 3.66. The molecule has 0 spiro atoms. The summed E-state index contributed by atoms with van der Waals surface area (Å²) < 4.78 is 39.7. The molecule has 0 radical (unpaired) electrons. The Kier molecular flexibility index (Phi) is 4.10. The van der Waals surface area contributed by atoms with Gasteiger partial charge in [0.1, 0.15) is 5.82 Å². The second kappa shape index (κ2) is 5.46. The number of nitrogen functional groups attached to an aromatic ring is 1. The highest BCUT2D eigenvalue weighted by molar-refractivity contribution is 7.89. The van der Waals surface area contributed by atoms with Crippen LogP contribution in [0.2, 0.25) is 0 Å². The molecule has 4 nitrogen and oxygen atoms in total. The molecule has 1 aromatic rings. The standard InChI is InChI=1S/C13H19FN2O2S/c1-2-10-4-3-7-16(9-10)19(17,18)11-5-6-13(15)12(14)8-11/h5-6,8,10H,2-4,7,9,15H2,1H3. The molecule has 1 aromatic carbocycles. The summed E-state index contributed by atoms with van der Waals surface area (Å²) in [6.07, 6.45) is 2.87. The van der Waals surface area contributed by atoms with Gasteiger partial charge in [0.05, 0.1) is 10.6 Å². The van der Waals surface area contributed by atoms with E-state index in [1.165, 1.54) is 16.4 Å². The Balaban J connectivity index is 2.28. The van der Waals surface area contributed by atoms with Crippen LogP contribution >= 0.6 is 0 Å². The fourth-order valence-corrected chi connectivity index (χ4v) is 3.96. The normalized spacial score (nSPS) is 21.5. The van der Waals surface area contributed by atoms with Gasteiger partial charge < -0.3 is 5.73 Å². The van der Waals surface area contributed by atoms with E-state index in [2.05, 4.69) is 6.92 Å². The number of hydrogen-bond donors (Lipinski definition) is 1. The lowest BCUT2D eigenvalue weighted by molar-refractivity contribution is 0.261. The molecule has 106 valence electrons. The highest BCUT2D eigenvalue weighted by Gasteiger charge is 2.29. The first-order valence-electron chi connectivity index (χ1n) is 6.50. The largest absolute Gasteiger partial charge is 0.396 e. The van der Waals surface area contributed by atoms with Crippen molar-refractivity contribution in [1.29, 1.82) is 0 Å². The Morgan fingerprint density at radius 2 is 2.21 bits per heavy atom. The van der Waals surface area contributed by atoms with E-state index in [1.807, 2.05) is 0 Å². The zero-order chi connectivity index (χ0) is 14.0. The van der Waals surface area contributed by atoms with E-state index in [9.17, 15) is 12.8 Å². The van der Waals surface area contributed by atoms with Crippen LogP contribution in [-0.2, 0) is 10.0 Å². The number of benzene rings is 1. The Labute approximate surface area is 113 Å². The SMILES string of the molecule is CCC1CCCN(S(=O)(=O)c2ccc(N)c(F)c2)C1. The van der Waals surface area contributed by atoms with Crippen molar-refractivity contribution >= 4 is 15.7 Å². The minimum atomic E-state index is -3.61. The van der Waals surface area contributed by atoms with E-state index in [-0.39, 0.29) is 10.6 Å². The van der Waals surface area contributed by atoms with E-state index in [0.717, 1.165) is 25.3 Å². The van der Waals surface area contributed by atoms with Gasteiger partial charge in [-0.15, -0.1) is 0 Å². The molecule has 1 aliphatic heterocycles. The predicted molar refractivity (Wildman–Crippen MR) is 72.6 cm³/mol. The van der Waals surface area contributed by atoms with Crippen LogP contribution in [-0.4, -0.2) is 25.8 Å². The number of anilines is 1. The van der Waals surface area contributed by atoms with Crippen LogP contribution in [0.25, 0.3) is 0 Å². The van der Waals surface area contributed by atoms with Gasteiger partial charge in [0.15, 0.2) is 0 Å². The third-order valence-corrected chi connectivity index (χ3v) is 5.53. The molecular weight excluding hydrogens is 267 g/mol. The van der Waals surface area contributed by atoms with E-state index in [0.29, 0.717) is 19.0 Å². The van der Waals surface area contributed by atoms with Crippen molar-refractivity contribution in [2.45, 2.75) is 31.1 Å². The van der Waals surface area contributed by atoms with Crippen LogP contribution in [0, 0.1) is 11.7 Å². The molecule has 1 saturated heterocycles. The molecule has 0 amide bonds. The molecule has 1 unspecified atom stereocenters. The van der Waals surface area contributed by atoms with Crippen molar-refractivity contribution in [1.82, 2.24) is 4.31 Å². The number of rotatable bonds is 3. The van der Waals surface area contributed by atoms with Crippen LogP contribution in [0.3, 0.4) is 0 Å². The average Bonchev–Trinajstić information content (AvgIpc) is 2.41. The van der Waals surface area contributed by atoms with Crippen molar-refractivity contribution in [3.05, 3.63) is 24.0 Å². The van der Waals surface area contributed by atoms with Gasteiger partial charge in [-0.3, -0.25) is 0 Å². The molecule has 0 aromatic heterocycles. The Morgan fingerprint density at radius 1 is 1.47 bits per heavy atom. The number of sulfonamides is 1. The highest BCUT2D eigenvalue weighted by atomic mass is 32.2. The summed E-state index contributed by atoms with van der Waals surface area (Å²) in [6.45, 7) is 3.08. The maximum atomic E-state index is 13.4. The maximum absolute atomic E-state index is 13.4. The zero-order valence-corrected chi connectivity index (χ0v) is 11.8. The monoisotopic (exact) mass is 286 g/mol. The number of halogens is 1. The fourth-order valence-electron chi connectivity index (χ4n) is 2.40. The third kappa shape index (κ3) is 2.90. The van der Waals surface area contributed by atoms with Gasteiger partial charge in [-0.25, -0.2) is 12.8 Å². The van der Waals surface area contributed by atoms with Crippen LogP contribution in [0.5, 0.6) is 0 Å². The summed E-state index contributed by atoms with van der Waals surface area (Å²) in [7, 11) is -3.61. The topological polar surface area (TPSA) is 63.4 Å². The first kappa shape index (κ1) is 14.3. The first-order valence-corrected chi connectivity index (χ1v) is 7.94. The fraction of sp³-hybridized carbons (Fsp3) is 0.538. The summed E-state index contributed by atoms with van der Waals surface area (Å²) in [5, 5.41) is 0. The molecule has 19 heavy (non-hydrogen) atoms. The van der Waals surface area contributed by atoms with Gasteiger partial charge in [-0.1, -0.05) is 13.3 Å². The minimum Gasteiger partial charge on any atom is -0.396 e. The number of nitrogens with zero attached hydrogens (tertiary/aromatic N) is 1. The van der Waals surface area contributed by atoms with Gasteiger partial charge in [0, 0.05) is 13.1 Å². The lowest BCUT2D eigenvalue weighted by atomic mass is 9.97. The van der Waals surface area contributed by atoms with Crippen LogP contribution in [0.4, 0.5) is 10.1 Å². The molecular formula is C13H19FN2O2S. The molecule has 1 aliphatic rings. The molecule has 0 saturated carbocycles.